The lowest BCUT2D eigenvalue weighted by Gasteiger charge is -2.20. The standard InChI is InChI=1S/C23H21F4N3O3/c1-13(8-18(24)9-14(2)23(25,26)27)20-15(3)30(22(32)33-20)21(31)29-12-17-11-28-10-16-6-4-5-7-19(16)17/h4-11,15,20H,1,12H2,2-3H3,(H,29,31)/b14-9+,18-8+/t15-,20+/m0/s1. The second-order valence-corrected chi connectivity index (χ2v) is 7.52. The number of aromatic nitrogens is 1. The number of hydrogen-bond acceptors (Lipinski definition) is 4. The van der Waals surface area contributed by atoms with E-state index in [1.54, 1.807) is 12.4 Å². The third-order valence-electron chi connectivity index (χ3n) is 5.16. The van der Waals surface area contributed by atoms with Crippen LogP contribution in [0.25, 0.3) is 10.8 Å². The largest absolute Gasteiger partial charge is 0.439 e. The van der Waals surface area contributed by atoms with Gasteiger partial charge in [0.1, 0.15) is 11.9 Å². The number of imide groups is 1. The molecule has 2 aromatic rings. The van der Waals surface area contributed by atoms with Crippen molar-refractivity contribution in [3.63, 3.8) is 0 Å². The second kappa shape index (κ2) is 9.43. The third-order valence-corrected chi connectivity index (χ3v) is 5.16. The summed E-state index contributed by atoms with van der Waals surface area (Å²) < 4.78 is 56.8. The van der Waals surface area contributed by atoms with Crippen LogP contribution in [-0.2, 0) is 11.3 Å². The number of cyclic esters (lactones) is 1. The smallest absolute Gasteiger partial charge is 0.419 e. The summed E-state index contributed by atoms with van der Waals surface area (Å²) in [4.78, 5) is 29.9. The van der Waals surface area contributed by atoms with Gasteiger partial charge in [0.25, 0.3) is 0 Å². The Morgan fingerprint density at radius 3 is 2.67 bits per heavy atom. The maximum absolute atomic E-state index is 14.0. The third kappa shape index (κ3) is 5.39. The van der Waals surface area contributed by atoms with Crippen LogP contribution in [0.5, 0.6) is 0 Å². The van der Waals surface area contributed by atoms with E-state index >= 15 is 0 Å². The van der Waals surface area contributed by atoms with Gasteiger partial charge in [-0.1, -0.05) is 30.8 Å². The number of urea groups is 1. The average molecular weight is 463 g/mol. The molecule has 0 aliphatic carbocycles. The van der Waals surface area contributed by atoms with Gasteiger partial charge in [0.15, 0.2) is 0 Å². The summed E-state index contributed by atoms with van der Waals surface area (Å²) in [5.74, 6) is -1.20. The number of rotatable bonds is 5. The predicted molar refractivity (Wildman–Crippen MR) is 114 cm³/mol. The van der Waals surface area contributed by atoms with E-state index in [-0.39, 0.29) is 12.1 Å². The molecule has 3 rings (SSSR count). The zero-order chi connectivity index (χ0) is 24.3. The molecule has 0 bridgehead atoms. The maximum Gasteiger partial charge on any atom is 0.419 e. The van der Waals surface area contributed by atoms with Gasteiger partial charge in [0.05, 0.1) is 6.04 Å². The summed E-state index contributed by atoms with van der Waals surface area (Å²) in [5.41, 5.74) is -0.489. The molecule has 1 fully saturated rings. The topological polar surface area (TPSA) is 71.5 Å². The summed E-state index contributed by atoms with van der Waals surface area (Å²) in [6.07, 6.45) is -2.42. The van der Waals surface area contributed by atoms with Gasteiger partial charge in [-0.05, 0) is 42.5 Å². The maximum atomic E-state index is 14.0. The van der Waals surface area contributed by atoms with E-state index in [2.05, 4.69) is 16.9 Å². The molecule has 1 aliphatic heterocycles. The van der Waals surface area contributed by atoms with E-state index in [0.717, 1.165) is 34.2 Å². The number of pyridine rings is 1. The molecular formula is C23H21F4N3O3. The predicted octanol–water partition coefficient (Wildman–Crippen LogP) is 5.57. The Labute approximate surface area is 187 Å². The van der Waals surface area contributed by atoms with Gasteiger partial charge < -0.3 is 10.1 Å². The monoisotopic (exact) mass is 463 g/mol. The zero-order valence-electron chi connectivity index (χ0n) is 17.8. The molecule has 0 radical (unpaired) electrons. The van der Waals surface area contributed by atoms with Crippen molar-refractivity contribution in [2.75, 3.05) is 0 Å². The molecule has 0 spiro atoms. The van der Waals surface area contributed by atoms with E-state index < -0.39 is 41.8 Å². The molecule has 1 saturated heterocycles. The van der Waals surface area contributed by atoms with Crippen molar-refractivity contribution in [2.24, 2.45) is 0 Å². The average Bonchev–Trinajstić information content (AvgIpc) is 3.05. The number of amides is 3. The van der Waals surface area contributed by atoms with Crippen LogP contribution >= 0.6 is 0 Å². The number of nitrogens with zero attached hydrogens (tertiary/aromatic N) is 2. The fraction of sp³-hybridized carbons (Fsp3) is 0.261. The summed E-state index contributed by atoms with van der Waals surface area (Å²) >= 11 is 0. The first-order valence-corrected chi connectivity index (χ1v) is 9.90. The van der Waals surface area contributed by atoms with Crippen LogP contribution in [0, 0.1) is 0 Å². The number of nitrogens with one attached hydrogen (secondary N) is 1. The van der Waals surface area contributed by atoms with E-state index in [0.29, 0.717) is 6.08 Å². The number of ether oxygens (including phenoxy) is 1. The number of halogens is 4. The minimum absolute atomic E-state index is 0.0886. The number of fused-ring (bicyclic) bond motifs is 1. The van der Waals surface area contributed by atoms with Crippen LogP contribution in [0.15, 0.2) is 72.4 Å². The highest BCUT2D eigenvalue weighted by molar-refractivity contribution is 5.93. The first-order valence-electron chi connectivity index (χ1n) is 9.90. The van der Waals surface area contributed by atoms with Gasteiger partial charge in [-0.15, -0.1) is 0 Å². The Bertz CT molecular complexity index is 1150. The first kappa shape index (κ1) is 24.0. The van der Waals surface area contributed by atoms with E-state index in [1.165, 1.54) is 6.92 Å². The molecule has 174 valence electrons. The van der Waals surface area contributed by atoms with Crippen molar-refractivity contribution < 1.29 is 31.9 Å². The highest BCUT2D eigenvalue weighted by atomic mass is 19.4. The number of carbonyl (C=O) groups excluding carboxylic acids is 2. The molecule has 1 aliphatic rings. The van der Waals surface area contributed by atoms with Gasteiger partial charge >= 0.3 is 18.3 Å². The van der Waals surface area contributed by atoms with E-state index in [9.17, 15) is 27.2 Å². The van der Waals surface area contributed by atoms with Gasteiger partial charge in [-0.2, -0.15) is 13.2 Å². The van der Waals surface area contributed by atoms with E-state index in [4.69, 9.17) is 4.74 Å². The normalized spacial score (nSPS) is 19.6. The SMILES string of the molecule is C=C(/C=C(F)\C=C(/C)C(F)(F)F)[C@H]1OC(=O)N(C(=O)NCc2cncc3ccccc23)[C@H]1C. The van der Waals surface area contributed by atoms with Crippen LogP contribution in [0.4, 0.5) is 27.2 Å². The summed E-state index contributed by atoms with van der Waals surface area (Å²) in [6, 6.07) is 5.85. The Kier molecular flexibility index (Phi) is 6.85. The van der Waals surface area contributed by atoms with Crippen molar-refractivity contribution in [1.82, 2.24) is 15.2 Å². The molecule has 3 amide bonds. The van der Waals surface area contributed by atoms with Crippen molar-refractivity contribution in [2.45, 2.75) is 38.7 Å². The molecule has 1 aromatic carbocycles. The van der Waals surface area contributed by atoms with Crippen molar-refractivity contribution in [3.8, 4) is 0 Å². The number of alkyl halides is 3. The van der Waals surface area contributed by atoms with Crippen molar-refractivity contribution in [1.29, 1.82) is 0 Å². The van der Waals surface area contributed by atoms with Crippen LogP contribution in [0.2, 0.25) is 0 Å². The summed E-state index contributed by atoms with van der Waals surface area (Å²) in [5, 5.41) is 4.40. The molecule has 6 nitrogen and oxygen atoms in total. The minimum Gasteiger partial charge on any atom is -0.439 e. The number of carbonyl (C=O) groups is 2. The van der Waals surface area contributed by atoms with Crippen LogP contribution in [0.3, 0.4) is 0 Å². The molecule has 10 heteroatoms. The quantitative estimate of drug-likeness (QED) is 0.465. The van der Waals surface area contributed by atoms with Crippen molar-refractivity contribution >= 4 is 22.9 Å². The van der Waals surface area contributed by atoms with Crippen molar-refractivity contribution in [3.05, 3.63) is 77.9 Å². The Balaban J connectivity index is 1.69. The summed E-state index contributed by atoms with van der Waals surface area (Å²) in [7, 11) is 0. The van der Waals surface area contributed by atoms with Gasteiger partial charge in [-0.25, -0.2) is 18.9 Å². The Morgan fingerprint density at radius 2 is 1.97 bits per heavy atom. The van der Waals surface area contributed by atoms with E-state index in [1.807, 2.05) is 24.3 Å². The molecule has 2 atom stereocenters. The molecule has 1 N–H and O–H groups in total. The Morgan fingerprint density at radius 1 is 1.27 bits per heavy atom. The molecular weight excluding hydrogens is 442 g/mol. The highest BCUT2D eigenvalue weighted by Gasteiger charge is 2.43. The fourth-order valence-electron chi connectivity index (χ4n) is 3.38. The van der Waals surface area contributed by atoms with Crippen LogP contribution in [-0.4, -0.2) is 40.3 Å². The Hall–Kier alpha value is -3.69. The van der Waals surface area contributed by atoms with Gasteiger partial charge in [0.2, 0.25) is 0 Å². The van der Waals surface area contributed by atoms with Gasteiger partial charge in [-0.3, -0.25) is 4.98 Å². The lowest BCUT2D eigenvalue weighted by atomic mass is 10.0. The lowest BCUT2D eigenvalue weighted by molar-refractivity contribution is -0.0914. The molecule has 33 heavy (non-hydrogen) atoms. The fourth-order valence-corrected chi connectivity index (χ4v) is 3.38. The number of allylic oxidation sites excluding steroid dienone is 3. The van der Waals surface area contributed by atoms with Crippen LogP contribution in [0.1, 0.15) is 19.4 Å². The number of benzene rings is 1. The first-order chi connectivity index (χ1) is 15.5. The molecule has 0 unspecified atom stereocenters. The van der Waals surface area contributed by atoms with Gasteiger partial charge in [0, 0.05) is 29.9 Å². The molecule has 0 saturated carbocycles. The molecule has 1 aromatic heterocycles. The minimum atomic E-state index is -4.67. The number of hydrogen-bond donors (Lipinski definition) is 1. The molecule has 2 heterocycles. The highest BCUT2D eigenvalue weighted by Crippen LogP contribution is 2.29. The zero-order valence-corrected chi connectivity index (χ0v) is 17.8. The lowest BCUT2D eigenvalue weighted by Crippen LogP contribution is -2.45. The summed E-state index contributed by atoms with van der Waals surface area (Å²) in [6.45, 7) is 5.89. The van der Waals surface area contributed by atoms with Crippen LogP contribution < -0.4 is 5.32 Å². The second-order valence-electron chi connectivity index (χ2n) is 7.52.